The van der Waals surface area contributed by atoms with Gasteiger partial charge in [-0.15, -0.1) is 0 Å². The average molecular weight is 499 g/mol. The van der Waals surface area contributed by atoms with Gasteiger partial charge in [0.25, 0.3) is 0 Å². The number of ether oxygens (including phenoxy) is 1. The summed E-state index contributed by atoms with van der Waals surface area (Å²) in [4.78, 5) is 21.7. The van der Waals surface area contributed by atoms with Crippen molar-refractivity contribution in [3.05, 3.63) is 57.9 Å². The van der Waals surface area contributed by atoms with Crippen LogP contribution in [-0.2, 0) is 15.1 Å². The van der Waals surface area contributed by atoms with E-state index in [1.165, 1.54) is 0 Å². The number of nitriles is 1. The van der Waals surface area contributed by atoms with Crippen LogP contribution >= 0.6 is 15.9 Å². The van der Waals surface area contributed by atoms with Crippen LogP contribution in [0.2, 0.25) is 0 Å². The van der Waals surface area contributed by atoms with Gasteiger partial charge in [0.15, 0.2) is 0 Å². The maximum Gasteiger partial charge on any atom is 0.248 e. The number of rotatable bonds is 5. The molecule has 5 rings (SSSR count). The van der Waals surface area contributed by atoms with Crippen LogP contribution in [-0.4, -0.2) is 47.6 Å². The Labute approximate surface area is 195 Å². The Morgan fingerprint density at radius 3 is 2.81 bits per heavy atom. The van der Waals surface area contributed by atoms with Gasteiger partial charge in [0.1, 0.15) is 24.3 Å². The van der Waals surface area contributed by atoms with Gasteiger partial charge in [-0.05, 0) is 59.3 Å². The van der Waals surface area contributed by atoms with Gasteiger partial charge in [-0.1, -0.05) is 19.1 Å². The van der Waals surface area contributed by atoms with E-state index in [2.05, 4.69) is 38.8 Å². The number of hydrogen-bond acceptors (Lipinski definition) is 5. The molecule has 2 bridgehead atoms. The molecule has 0 N–H and O–H groups in total. The van der Waals surface area contributed by atoms with Crippen molar-refractivity contribution >= 4 is 27.7 Å². The van der Waals surface area contributed by atoms with Gasteiger partial charge in [-0.25, -0.2) is 9.37 Å². The van der Waals surface area contributed by atoms with Crippen molar-refractivity contribution in [2.45, 2.75) is 43.9 Å². The summed E-state index contributed by atoms with van der Waals surface area (Å²) in [6.45, 7) is 3.39. The summed E-state index contributed by atoms with van der Waals surface area (Å²) in [6, 6.07) is 11.3. The first-order chi connectivity index (χ1) is 15.4. The SMILES string of the molecule is C[C@@H]1CC2CN(C(=O)COC3(c4cccc(Br)c4F)CC3)CC1N2c1ccc(C#N)cn1. The molecule has 6 nitrogen and oxygen atoms in total. The van der Waals surface area contributed by atoms with Crippen LogP contribution in [0, 0.1) is 23.1 Å². The molecule has 2 aliphatic heterocycles. The number of nitrogens with zero attached hydrogens (tertiary/aromatic N) is 4. The van der Waals surface area contributed by atoms with Crippen molar-refractivity contribution in [3.8, 4) is 6.07 Å². The Balaban J connectivity index is 1.26. The Bertz CT molecular complexity index is 1080. The van der Waals surface area contributed by atoms with Crippen LogP contribution in [0.5, 0.6) is 0 Å². The highest BCUT2D eigenvalue weighted by Gasteiger charge is 2.49. The molecule has 1 aromatic carbocycles. The second-order valence-electron chi connectivity index (χ2n) is 9.04. The second-order valence-corrected chi connectivity index (χ2v) is 9.90. The Morgan fingerprint density at radius 2 is 2.16 bits per heavy atom. The lowest BCUT2D eigenvalue weighted by Crippen LogP contribution is -2.57. The highest BCUT2D eigenvalue weighted by Crippen LogP contribution is 2.50. The first-order valence-corrected chi connectivity index (χ1v) is 11.7. The normalized spacial score (nSPS) is 25.5. The maximum atomic E-state index is 14.6. The molecule has 2 saturated heterocycles. The molecule has 2 unspecified atom stereocenters. The number of anilines is 1. The zero-order valence-electron chi connectivity index (χ0n) is 17.8. The Kier molecular flexibility index (Phi) is 5.42. The predicted octanol–water partition coefficient (Wildman–Crippen LogP) is 3.99. The quantitative estimate of drug-likeness (QED) is 0.623. The third-order valence-corrected chi connectivity index (χ3v) is 7.62. The third-order valence-electron chi connectivity index (χ3n) is 7.00. The van der Waals surface area contributed by atoms with E-state index >= 15 is 0 Å². The predicted molar refractivity (Wildman–Crippen MR) is 120 cm³/mol. The molecule has 3 atom stereocenters. The van der Waals surface area contributed by atoms with Gasteiger partial charge in [0.2, 0.25) is 5.91 Å². The van der Waals surface area contributed by atoms with E-state index < -0.39 is 5.60 Å². The number of benzene rings is 1. The fourth-order valence-corrected chi connectivity index (χ4v) is 5.51. The van der Waals surface area contributed by atoms with Gasteiger partial charge in [0.05, 0.1) is 21.7 Å². The van der Waals surface area contributed by atoms with Crippen LogP contribution in [0.3, 0.4) is 0 Å². The molecular formula is C24H24BrFN4O2. The molecule has 8 heteroatoms. The number of halogens is 2. The first-order valence-electron chi connectivity index (χ1n) is 10.9. The monoisotopic (exact) mass is 498 g/mol. The summed E-state index contributed by atoms with van der Waals surface area (Å²) < 4.78 is 21.0. The number of carbonyl (C=O) groups excluding carboxylic acids is 1. The number of aromatic nitrogens is 1. The minimum absolute atomic E-state index is 0.0467. The zero-order chi connectivity index (χ0) is 22.5. The number of carbonyl (C=O) groups is 1. The molecule has 3 heterocycles. The summed E-state index contributed by atoms with van der Waals surface area (Å²) in [7, 11) is 0. The van der Waals surface area contributed by atoms with Crippen LogP contribution in [0.25, 0.3) is 0 Å². The van der Waals surface area contributed by atoms with Crippen LogP contribution in [0.4, 0.5) is 10.2 Å². The molecular weight excluding hydrogens is 475 g/mol. The minimum atomic E-state index is -0.690. The van der Waals surface area contributed by atoms with E-state index in [1.807, 2.05) is 11.0 Å². The van der Waals surface area contributed by atoms with Gasteiger partial charge in [-0.2, -0.15) is 5.26 Å². The van der Waals surface area contributed by atoms with Gasteiger partial charge in [0, 0.05) is 30.9 Å². The zero-order valence-corrected chi connectivity index (χ0v) is 19.4. The summed E-state index contributed by atoms with van der Waals surface area (Å²) in [5.41, 5.74) is 0.366. The summed E-state index contributed by atoms with van der Waals surface area (Å²) in [6.07, 6.45) is 4.02. The van der Waals surface area contributed by atoms with E-state index in [4.69, 9.17) is 10.00 Å². The lowest BCUT2D eigenvalue weighted by atomic mass is 10.0. The maximum absolute atomic E-state index is 14.6. The molecule has 3 aliphatic rings. The van der Waals surface area contributed by atoms with E-state index in [0.717, 1.165) is 12.2 Å². The summed E-state index contributed by atoms with van der Waals surface area (Å²) in [5.74, 6) is 0.923. The fraction of sp³-hybridized carbons (Fsp3) is 0.458. The van der Waals surface area contributed by atoms with E-state index in [9.17, 15) is 9.18 Å². The van der Waals surface area contributed by atoms with Crippen molar-refractivity contribution in [1.29, 1.82) is 5.26 Å². The molecule has 3 fully saturated rings. The molecule has 0 radical (unpaired) electrons. The number of amides is 1. The number of fused-ring (bicyclic) bond motifs is 2. The highest BCUT2D eigenvalue weighted by atomic mass is 79.9. The van der Waals surface area contributed by atoms with Crippen molar-refractivity contribution in [1.82, 2.24) is 9.88 Å². The molecule has 32 heavy (non-hydrogen) atoms. The van der Waals surface area contributed by atoms with Crippen LogP contribution < -0.4 is 4.90 Å². The molecule has 1 saturated carbocycles. The lowest BCUT2D eigenvalue weighted by molar-refractivity contribution is -0.140. The van der Waals surface area contributed by atoms with Gasteiger partial charge >= 0.3 is 0 Å². The standard InChI is InChI=1S/C24H24BrFN4O2/c1-15-9-17-12-29(13-20(15)30(17)21-6-5-16(10-27)11-28-21)22(31)14-32-24(7-8-24)18-3-2-4-19(25)23(18)26/h2-6,11,15,17,20H,7-9,12-14H2,1H3/t15-,17?,20?/m1/s1. The highest BCUT2D eigenvalue weighted by molar-refractivity contribution is 9.10. The number of pyridine rings is 1. The second kappa shape index (κ2) is 8.13. The number of likely N-dealkylation sites (tertiary alicyclic amines) is 1. The molecule has 1 aliphatic carbocycles. The van der Waals surface area contributed by atoms with Gasteiger partial charge in [-0.3, -0.25) is 4.79 Å². The van der Waals surface area contributed by atoms with Crippen molar-refractivity contribution < 1.29 is 13.9 Å². The molecule has 0 spiro atoms. The van der Waals surface area contributed by atoms with E-state index in [0.29, 0.717) is 47.4 Å². The topological polar surface area (TPSA) is 69.5 Å². The molecule has 1 aromatic heterocycles. The summed E-state index contributed by atoms with van der Waals surface area (Å²) in [5, 5.41) is 9.02. The molecule has 2 aromatic rings. The molecule has 166 valence electrons. The van der Waals surface area contributed by atoms with Crippen molar-refractivity contribution in [2.24, 2.45) is 5.92 Å². The Hall–Kier alpha value is -2.50. The number of piperazine rings is 1. The van der Waals surface area contributed by atoms with Crippen LogP contribution in [0.15, 0.2) is 41.0 Å². The van der Waals surface area contributed by atoms with E-state index in [1.54, 1.807) is 30.5 Å². The molecule has 1 amide bonds. The summed E-state index contributed by atoms with van der Waals surface area (Å²) >= 11 is 3.24. The lowest BCUT2D eigenvalue weighted by Gasteiger charge is -2.42. The third kappa shape index (κ3) is 3.67. The van der Waals surface area contributed by atoms with Gasteiger partial charge < -0.3 is 14.5 Å². The van der Waals surface area contributed by atoms with Crippen molar-refractivity contribution in [2.75, 3.05) is 24.6 Å². The smallest absolute Gasteiger partial charge is 0.248 e. The first kappa shape index (κ1) is 21.4. The van der Waals surface area contributed by atoms with Crippen molar-refractivity contribution in [3.63, 3.8) is 0 Å². The Morgan fingerprint density at radius 1 is 1.34 bits per heavy atom. The van der Waals surface area contributed by atoms with Crippen LogP contribution in [0.1, 0.15) is 37.3 Å². The fourth-order valence-electron chi connectivity index (χ4n) is 5.15. The largest absolute Gasteiger partial charge is 0.360 e. The average Bonchev–Trinajstić information content (AvgIpc) is 3.56. The minimum Gasteiger partial charge on any atom is -0.360 e. The van der Waals surface area contributed by atoms with E-state index in [-0.39, 0.29) is 30.4 Å². The number of hydrogen-bond donors (Lipinski definition) is 0.